The van der Waals surface area contributed by atoms with Crippen LogP contribution in [-0.4, -0.2) is 30.4 Å². The van der Waals surface area contributed by atoms with Gasteiger partial charge in [-0.1, -0.05) is 24.3 Å². The van der Waals surface area contributed by atoms with Crippen molar-refractivity contribution >= 4 is 34.8 Å². The Morgan fingerprint density at radius 1 is 1.03 bits per heavy atom. The van der Waals surface area contributed by atoms with Gasteiger partial charge in [0.2, 0.25) is 0 Å². The van der Waals surface area contributed by atoms with E-state index in [0.29, 0.717) is 33.7 Å². The molecule has 8 nitrogen and oxygen atoms in total. The Hall–Kier alpha value is -4.29. The number of fused-ring (bicyclic) bond motifs is 1. The fourth-order valence-electron chi connectivity index (χ4n) is 4.20. The number of carbonyl (C=O) groups excluding carboxylic acids is 1. The fourth-order valence-corrected chi connectivity index (χ4v) is 5.32. The van der Waals surface area contributed by atoms with Gasteiger partial charge in [-0.2, -0.15) is 5.26 Å². The topological polar surface area (TPSA) is 117 Å². The molecule has 37 heavy (non-hydrogen) atoms. The summed E-state index contributed by atoms with van der Waals surface area (Å²) in [7, 11) is 0. The molecular weight excluding hydrogens is 490 g/mol. The van der Waals surface area contributed by atoms with Crippen LogP contribution in [-0.2, 0) is 9.53 Å². The van der Waals surface area contributed by atoms with Crippen molar-refractivity contribution < 1.29 is 19.0 Å². The van der Waals surface area contributed by atoms with Crippen LogP contribution < -0.4 is 30.0 Å². The molecule has 4 rings (SSSR count). The molecule has 0 fully saturated rings. The van der Waals surface area contributed by atoms with E-state index < -0.39 is 17.4 Å². The Balaban J connectivity index is 1.94. The lowest BCUT2D eigenvalue weighted by molar-refractivity contribution is -0.138. The van der Waals surface area contributed by atoms with Crippen LogP contribution in [0, 0.1) is 11.3 Å². The molecule has 1 atom stereocenters. The zero-order valence-electron chi connectivity index (χ0n) is 20.8. The van der Waals surface area contributed by atoms with Crippen molar-refractivity contribution in [1.82, 2.24) is 4.57 Å². The largest absolute Gasteiger partial charge is 0.494 e. The maximum atomic E-state index is 13.5. The van der Waals surface area contributed by atoms with E-state index in [0.717, 1.165) is 22.6 Å². The Morgan fingerprint density at radius 3 is 2.16 bits per heavy atom. The van der Waals surface area contributed by atoms with Crippen molar-refractivity contribution in [2.45, 2.75) is 26.7 Å². The zero-order chi connectivity index (χ0) is 26.5. The van der Waals surface area contributed by atoms with Gasteiger partial charge in [-0.3, -0.25) is 9.36 Å². The van der Waals surface area contributed by atoms with E-state index in [2.05, 4.69) is 6.07 Å². The number of ether oxygens (including phenoxy) is 3. The number of nitrogens with two attached hydrogens (primary N) is 1. The first-order chi connectivity index (χ1) is 17.9. The predicted octanol–water partition coefficient (Wildman–Crippen LogP) is 2.70. The minimum Gasteiger partial charge on any atom is -0.494 e. The predicted molar refractivity (Wildman–Crippen MR) is 142 cm³/mol. The van der Waals surface area contributed by atoms with Crippen molar-refractivity contribution in [3.05, 3.63) is 84.8 Å². The van der Waals surface area contributed by atoms with Gasteiger partial charge in [-0.15, -0.1) is 11.3 Å². The van der Waals surface area contributed by atoms with Crippen LogP contribution in [0.15, 0.2) is 58.9 Å². The molecule has 1 aromatic heterocycles. The third kappa shape index (κ3) is 5.01. The molecular formula is C28H27N3O5S. The Labute approximate surface area is 218 Å². The van der Waals surface area contributed by atoms with Gasteiger partial charge in [-0.05, 0) is 62.2 Å². The molecule has 1 unspecified atom stereocenters. The summed E-state index contributed by atoms with van der Waals surface area (Å²) < 4.78 is 18.3. The van der Waals surface area contributed by atoms with Crippen LogP contribution in [0.3, 0.4) is 0 Å². The van der Waals surface area contributed by atoms with E-state index in [4.69, 9.17) is 19.9 Å². The number of carbonyl (C=O) groups is 1. The zero-order valence-corrected chi connectivity index (χ0v) is 21.6. The third-order valence-electron chi connectivity index (χ3n) is 5.78. The highest BCUT2D eigenvalue weighted by Crippen LogP contribution is 2.37. The second-order valence-corrected chi connectivity index (χ2v) is 9.07. The molecule has 0 bridgehead atoms. The second kappa shape index (κ2) is 11.2. The van der Waals surface area contributed by atoms with Crippen LogP contribution in [0.25, 0.3) is 17.5 Å². The standard InChI is InChI=1S/C28H27N3O5S/c1-4-34-19-11-7-17(8-12-19)15-22-26(32)31-25(30)24(28(33)36-6-3)23(21(16-29)27(31)37-22)18-9-13-20(14-10-18)35-5-2/h7-15,23H,4-6,30H2,1-3H3. The molecule has 0 radical (unpaired) electrons. The molecule has 190 valence electrons. The van der Waals surface area contributed by atoms with Crippen molar-refractivity contribution in [2.75, 3.05) is 19.8 Å². The lowest BCUT2D eigenvalue weighted by Crippen LogP contribution is -2.40. The van der Waals surface area contributed by atoms with Crippen molar-refractivity contribution in [2.24, 2.45) is 5.73 Å². The fraction of sp³-hybridized carbons (Fsp3) is 0.250. The maximum Gasteiger partial charge on any atom is 0.338 e. The van der Waals surface area contributed by atoms with E-state index in [9.17, 15) is 14.9 Å². The van der Waals surface area contributed by atoms with Gasteiger partial charge in [0, 0.05) is 0 Å². The summed E-state index contributed by atoms with van der Waals surface area (Å²) in [4.78, 5) is 26.5. The Morgan fingerprint density at radius 2 is 1.62 bits per heavy atom. The van der Waals surface area contributed by atoms with Crippen LogP contribution in [0.2, 0.25) is 0 Å². The first-order valence-electron chi connectivity index (χ1n) is 11.9. The lowest BCUT2D eigenvalue weighted by atomic mass is 9.84. The van der Waals surface area contributed by atoms with Gasteiger partial charge >= 0.3 is 5.97 Å². The molecule has 2 heterocycles. The number of hydrogen-bond donors (Lipinski definition) is 1. The molecule has 0 amide bonds. The van der Waals surface area contributed by atoms with E-state index in [-0.39, 0.29) is 23.6 Å². The second-order valence-electron chi connectivity index (χ2n) is 8.04. The summed E-state index contributed by atoms with van der Waals surface area (Å²) in [5.74, 6) is -0.121. The number of esters is 1. The minimum absolute atomic E-state index is 0.0427. The van der Waals surface area contributed by atoms with Gasteiger partial charge in [0.25, 0.3) is 5.56 Å². The molecule has 3 aromatic rings. The molecule has 1 aliphatic rings. The smallest absolute Gasteiger partial charge is 0.338 e. The van der Waals surface area contributed by atoms with Crippen molar-refractivity contribution in [3.8, 4) is 17.6 Å². The Bertz CT molecular complexity index is 1560. The number of nitriles is 1. The number of aromatic nitrogens is 1. The summed E-state index contributed by atoms with van der Waals surface area (Å²) in [6, 6.07) is 16.7. The molecule has 0 saturated heterocycles. The highest BCUT2D eigenvalue weighted by atomic mass is 32.1. The van der Waals surface area contributed by atoms with Gasteiger partial charge in [0.1, 0.15) is 22.0 Å². The molecule has 9 heteroatoms. The van der Waals surface area contributed by atoms with Gasteiger partial charge in [0.05, 0.1) is 47.5 Å². The van der Waals surface area contributed by atoms with Crippen LogP contribution >= 0.6 is 11.3 Å². The van der Waals surface area contributed by atoms with E-state index in [1.165, 1.54) is 4.57 Å². The Kier molecular flexibility index (Phi) is 7.80. The summed E-state index contributed by atoms with van der Waals surface area (Å²) in [6.07, 6.45) is 1.73. The monoisotopic (exact) mass is 517 g/mol. The van der Waals surface area contributed by atoms with E-state index >= 15 is 0 Å². The normalized spacial score (nSPS) is 15.2. The average molecular weight is 518 g/mol. The summed E-state index contributed by atoms with van der Waals surface area (Å²) in [6.45, 7) is 6.66. The van der Waals surface area contributed by atoms with Crippen molar-refractivity contribution in [3.63, 3.8) is 0 Å². The van der Waals surface area contributed by atoms with Gasteiger partial charge in [-0.25, -0.2) is 4.79 Å². The molecule has 0 aliphatic carbocycles. The number of benzene rings is 2. The molecule has 2 aromatic carbocycles. The van der Waals surface area contributed by atoms with E-state index in [1.54, 1.807) is 37.3 Å². The number of hydrogen-bond acceptors (Lipinski definition) is 8. The molecule has 0 saturated carbocycles. The molecule has 1 aliphatic heterocycles. The number of rotatable bonds is 8. The average Bonchev–Trinajstić information content (AvgIpc) is 3.22. The molecule has 2 N–H and O–H groups in total. The number of nitrogens with zero attached hydrogens (tertiary/aromatic N) is 2. The van der Waals surface area contributed by atoms with E-state index in [1.807, 2.05) is 38.1 Å². The number of thiazole rings is 1. The van der Waals surface area contributed by atoms with Crippen molar-refractivity contribution in [1.29, 1.82) is 5.26 Å². The van der Waals surface area contributed by atoms with Crippen LogP contribution in [0.5, 0.6) is 11.5 Å². The lowest BCUT2D eigenvalue weighted by Gasteiger charge is -2.25. The summed E-state index contributed by atoms with van der Waals surface area (Å²) in [5, 5.41) is 10.2. The van der Waals surface area contributed by atoms with Gasteiger partial charge < -0.3 is 19.9 Å². The minimum atomic E-state index is -0.795. The molecule has 0 spiro atoms. The van der Waals surface area contributed by atoms with Crippen LogP contribution in [0.1, 0.15) is 37.8 Å². The van der Waals surface area contributed by atoms with Crippen LogP contribution in [0.4, 0.5) is 0 Å². The first kappa shape index (κ1) is 25.8. The quantitative estimate of drug-likeness (QED) is 0.457. The maximum absolute atomic E-state index is 13.5. The van der Waals surface area contributed by atoms with Gasteiger partial charge in [0.15, 0.2) is 0 Å². The highest BCUT2D eigenvalue weighted by molar-refractivity contribution is 7.07. The highest BCUT2D eigenvalue weighted by Gasteiger charge is 2.36. The summed E-state index contributed by atoms with van der Waals surface area (Å²) >= 11 is 1.16. The third-order valence-corrected chi connectivity index (χ3v) is 6.89. The first-order valence-corrected chi connectivity index (χ1v) is 12.8. The SMILES string of the molecule is CCOC(=O)C1=C(N)n2c(sc(=Cc3ccc(OCC)cc3)c2=O)=C(C#N)C1c1ccc(OCC)cc1. The summed E-state index contributed by atoms with van der Waals surface area (Å²) in [5.41, 5.74) is 7.82.